The molecular weight excluding hydrogens is 186 g/mol. The summed E-state index contributed by atoms with van der Waals surface area (Å²) in [5.74, 6) is 2.54. The lowest BCUT2D eigenvalue weighted by Gasteiger charge is -2.29. The molecule has 0 radical (unpaired) electrons. The molecule has 2 aliphatic carbocycles. The number of carbonyl (C=O) groups is 1. The van der Waals surface area contributed by atoms with Crippen molar-refractivity contribution < 1.29 is 4.79 Å². The third-order valence-corrected chi connectivity index (χ3v) is 3.68. The van der Waals surface area contributed by atoms with Gasteiger partial charge in [0.15, 0.2) is 0 Å². The van der Waals surface area contributed by atoms with E-state index in [1.807, 2.05) is 11.9 Å². The minimum Gasteiger partial charge on any atom is -0.345 e. The number of hydrogen-bond acceptors (Lipinski definition) is 1. The number of rotatable bonds is 2. The summed E-state index contributed by atoms with van der Waals surface area (Å²) in [5.41, 5.74) is 0.214. The molecule has 0 aromatic carbocycles. The molecule has 0 aromatic heterocycles. The lowest BCUT2D eigenvalue weighted by Crippen LogP contribution is -2.38. The van der Waals surface area contributed by atoms with Crippen LogP contribution >= 0.6 is 0 Å². The average Bonchev–Trinajstić information content (AvgIpc) is 2.69. The molecule has 2 rings (SSSR count). The van der Waals surface area contributed by atoms with Crippen LogP contribution in [0.1, 0.15) is 40.0 Å². The standard InChI is InChI=1S/C13H23NO/c1-13(2,3)8-14(4)12(15)11-6-9-5-10(9)7-11/h9-11H,5-8H2,1-4H3. The summed E-state index contributed by atoms with van der Waals surface area (Å²) in [4.78, 5) is 14.1. The highest BCUT2D eigenvalue weighted by molar-refractivity contribution is 5.79. The highest BCUT2D eigenvalue weighted by Gasteiger charge is 2.48. The van der Waals surface area contributed by atoms with Crippen molar-refractivity contribution >= 4 is 5.91 Å². The smallest absolute Gasteiger partial charge is 0.225 e. The van der Waals surface area contributed by atoms with Gasteiger partial charge in [0, 0.05) is 19.5 Å². The zero-order valence-electron chi connectivity index (χ0n) is 10.4. The first-order valence-electron chi connectivity index (χ1n) is 6.12. The molecule has 2 atom stereocenters. The molecule has 0 heterocycles. The molecule has 2 aliphatic rings. The van der Waals surface area contributed by atoms with Gasteiger partial charge in [-0.05, 0) is 36.5 Å². The topological polar surface area (TPSA) is 20.3 Å². The Kier molecular flexibility index (Phi) is 2.56. The molecule has 15 heavy (non-hydrogen) atoms. The van der Waals surface area contributed by atoms with Gasteiger partial charge < -0.3 is 4.90 Å². The predicted molar refractivity (Wildman–Crippen MR) is 61.4 cm³/mol. The molecule has 0 aliphatic heterocycles. The normalized spacial score (nSPS) is 33.7. The van der Waals surface area contributed by atoms with Crippen molar-refractivity contribution in [3.63, 3.8) is 0 Å². The van der Waals surface area contributed by atoms with Crippen LogP contribution in [0.4, 0.5) is 0 Å². The SMILES string of the molecule is CN(CC(C)(C)C)C(=O)C1CC2CC2C1. The summed E-state index contributed by atoms with van der Waals surface area (Å²) in [5, 5.41) is 0. The van der Waals surface area contributed by atoms with Crippen molar-refractivity contribution in [1.82, 2.24) is 4.90 Å². The highest BCUT2D eigenvalue weighted by atomic mass is 16.2. The first-order valence-corrected chi connectivity index (χ1v) is 6.12. The Morgan fingerprint density at radius 2 is 1.73 bits per heavy atom. The van der Waals surface area contributed by atoms with Gasteiger partial charge in [-0.1, -0.05) is 20.8 Å². The van der Waals surface area contributed by atoms with Crippen molar-refractivity contribution in [2.45, 2.75) is 40.0 Å². The Bertz CT molecular complexity index is 256. The summed E-state index contributed by atoms with van der Waals surface area (Å²) in [6.45, 7) is 7.42. The van der Waals surface area contributed by atoms with Crippen LogP contribution in [-0.2, 0) is 4.79 Å². The monoisotopic (exact) mass is 209 g/mol. The Hall–Kier alpha value is -0.530. The van der Waals surface area contributed by atoms with Crippen LogP contribution in [0.5, 0.6) is 0 Å². The van der Waals surface area contributed by atoms with Crippen LogP contribution in [0.15, 0.2) is 0 Å². The molecule has 2 unspecified atom stereocenters. The van der Waals surface area contributed by atoms with Gasteiger partial charge in [-0.15, -0.1) is 0 Å². The molecule has 2 nitrogen and oxygen atoms in total. The lowest BCUT2D eigenvalue weighted by atomic mass is 9.95. The van der Waals surface area contributed by atoms with Crippen LogP contribution in [0.3, 0.4) is 0 Å². The molecule has 1 amide bonds. The van der Waals surface area contributed by atoms with E-state index in [1.54, 1.807) is 0 Å². The van der Waals surface area contributed by atoms with Crippen molar-refractivity contribution in [3.05, 3.63) is 0 Å². The van der Waals surface area contributed by atoms with Crippen LogP contribution in [0, 0.1) is 23.2 Å². The number of amides is 1. The highest BCUT2D eigenvalue weighted by Crippen LogP contribution is 2.54. The van der Waals surface area contributed by atoms with Gasteiger partial charge >= 0.3 is 0 Å². The van der Waals surface area contributed by atoms with Crippen LogP contribution < -0.4 is 0 Å². The van der Waals surface area contributed by atoms with Gasteiger partial charge in [-0.3, -0.25) is 4.79 Å². The first-order chi connectivity index (χ1) is 6.87. The summed E-state index contributed by atoms with van der Waals surface area (Å²) < 4.78 is 0. The zero-order chi connectivity index (χ0) is 11.2. The third-order valence-electron chi connectivity index (χ3n) is 3.68. The van der Waals surface area contributed by atoms with E-state index in [0.717, 1.165) is 31.2 Å². The van der Waals surface area contributed by atoms with Gasteiger partial charge in [0.1, 0.15) is 0 Å². The Morgan fingerprint density at radius 1 is 1.20 bits per heavy atom. The van der Waals surface area contributed by atoms with Gasteiger partial charge in [0.05, 0.1) is 0 Å². The van der Waals surface area contributed by atoms with E-state index in [0.29, 0.717) is 11.8 Å². The summed E-state index contributed by atoms with van der Waals surface area (Å²) in [6, 6.07) is 0. The molecular formula is C13H23NO. The van der Waals surface area contributed by atoms with Crippen LogP contribution in [0.2, 0.25) is 0 Å². The summed E-state index contributed by atoms with van der Waals surface area (Å²) in [6.07, 6.45) is 3.72. The fourth-order valence-corrected chi connectivity index (χ4v) is 3.02. The zero-order valence-corrected chi connectivity index (χ0v) is 10.4. The predicted octanol–water partition coefficient (Wildman–Crippen LogP) is 2.54. The Balaban J connectivity index is 1.85. The van der Waals surface area contributed by atoms with Crippen molar-refractivity contribution in [1.29, 1.82) is 0 Å². The fourth-order valence-electron chi connectivity index (χ4n) is 3.02. The quantitative estimate of drug-likeness (QED) is 0.684. The number of carbonyl (C=O) groups excluding carboxylic acids is 1. The molecule has 0 spiro atoms. The molecule has 0 bridgehead atoms. The van der Waals surface area contributed by atoms with Crippen molar-refractivity contribution in [2.75, 3.05) is 13.6 Å². The number of nitrogens with zero attached hydrogens (tertiary/aromatic N) is 1. The van der Waals surface area contributed by atoms with E-state index in [1.165, 1.54) is 6.42 Å². The molecule has 2 saturated carbocycles. The van der Waals surface area contributed by atoms with Gasteiger partial charge in [-0.25, -0.2) is 0 Å². The molecule has 0 N–H and O–H groups in total. The maximum Gasteiger partial charge on any atom is 0.225 e. The first kappa shape index (κ1) is 11.0. The van der Waals surface area contributed by atoms with E-state index < -0.39 is 0 Å². The van der Waals surface area contributed by atoms with Crippen LogP contribution in [0.25, 0.3) is 0 Å². The summed E-state index contributed by atoms with van der Waals surface area (Å²) >= 11 is 0. The minimum atomic E-state index is 0.214. The van der Waals surface area contributed by atoms with E-state index in [-0.39, 0.29) is 5.41 Å². The van der Waals surface area contributed by atoms with Gasteiger partial charge in [0.25, 0.3) is 0 Å². The molecule has 2 heteroatoms. The molecule has 2 fully saturated rings. The molecule has 0 aromatic rings. The van der Waals surface area contributed by atoms with E-state index in [9.17, 15) is 4.79 Å². The second-order valence-electron chi connectivity index (χ2n) is 6.68. The average molecular weight is 209 g/mol. The van der Waals surface area contributed by atoms with E-state index in [2.05, 4.69) is 20.8 Å². The largest absolute Gasteiger partial charge is 0.345 e. The maximum atomic E-state index is 12.1. The third kappa shape index (κ3) is 2.53. The second-order valence-corrected chi connectivity index (χ2v) is 6.68. The Morgan fingerprint density at radius 3 is 2.20 bits per heavy atom. The van der Waals surface area contributed by atoms with Gasteiger partial charge in [-0.2, -0.15) is 0 Å². The van der Waals surface area contributed by atoms with Gasteiger partial charge in [0.2, 0.25) is 5.91 Å². The summed E-state index contributed by atoms with van der Waals surface area (Å²) in [7, 11) is 1.96. The maximum absolute atomic E-state index is 12.1. The molecule has 0 saturated heterocycles. The van der Waals surface area contributed by atoms with Crippen molar-refractivity contribution in [3.8, 4) is 0 Å². The van der Waals surface area contributed by atoms with E-state index in [4.69, 9.17) is 0 Å². The van der Waals surface area contributed by atoms with Crippen LogP contribution in [-0.4, -0.2) is 24.4 Å². The number of hydrogen-bond donors (Lipinski definition) is 0. The fraction of sp³-hybridized carbons (Fsp3) is 0.923. The second kappa shape index (κ2) is 3.50. The minimum absolute atomic E-state index is 0.214. The Labute approximate surface area is 93.0 Å². The molecule has 86 valence electrons. The van der Waals surface area contributed by atoms with Crippen molar-refractivity contribution in [2.24, 2.45) is 23.2 Å². The van der Waals surface area contributed by atoms with E-state index >= 15 is 0 Å². The lowest BCUT2D eigenvalue weighted by molar-refractivity contribution is -0.135. The number of fused-ring (bicyclic) bond motifs is 1.